The number of ether oxygens (including phenoxy) is 2. The molecule has 0 atom stereocenters. The van der Waals surface area contributed by atoms with E-state index in [1.54, 1.807) is 14.2 Å². The summed E-state index contributed by atoms with van der Waals surface area (Å²) in [6.45, 7) is 0.823. The second kappa shape index (κ2) is 6.09. The van der Waals surface area contributed by atoms with Crippen molar-refractivity contribution in [1.82, 2.24) is 4.57 Å². The molecule has 0 amide bonds. The minimum atomic E-state index is 0.701. The molecule has 2 rings (SSSR count). The van der Waals surface area contributed by atoms with Crippen LogP contribution in [0.15, 0.2) is 36.7 Å². The van der Waals surface area contributed by atoms with Gasteiger partial charge in [0.15, 0.2) is 17.8 Å². The molecule has 1 aromatic carbocycles. The molecular formula is C15H17NO3. The predicted molar refractivity (Wildman–Crippen MR) is 73.1 cm³/mol. The van der Waals surface area contributed by atoms with E-state index in [0.29, 0.717) is 5.56 Å². The second-order valence-corrected chi connectivity index (χ2v) is 4.24. The quantitative estimate of drug-likeness (QED) is 0.749. The van der Waals surface area contributed by atoms with Crippen molar-refractivity contribution in [3.8, 4) is 11.5 Å². The molecule has 0 bridgehead atoms. The first-order valence-corrected chi connectivity index (χ1v) is 6.08. The van der Waals surface area contributed by atoms with Gasteiger partial charge in [0, 0.05) is 24.5 Å². The lowest BCUT2D eigenvalue weighted by molar-refractivity contribution is 0.112. The Labute approximate surface area is 112 Å². The first kappa shape index (κ1) is 13.2. The maximum Gasteiger partial charge on any atom is 0.160 e. The lowest BCUT2D eigenvalue weighted by Crippen LogP contribution is -1.99. The number of hydrogen-bond donors (Lipinski definition) is 0. The van der Waals surface area contributed by atoms with Crippen molar-refractivity contribution in [3.63, 3.8) is 0 Å². The molecule has 4 heteroatoms. The van der Waals surface area contributed by atoms with Gasteiger partial charge in [0.1, 0.15) is 0 Å². The van der Waals surface area contributed by atoms with Crippen LogP contribution in [0.5, 0.6) is 11.5 Å². The third kappa shape index (κ3) is 3.16. The maximum absolute atomic E-state index is 10.6. The minimum absolute atomic E-state index is 0.701. The molecule has 0 fully saturated rings. The number of hydrogen-bond acceptors (Lipinski definition) is 3. The Morgan fingerprint density at radius 2 is 1.95 bits per heavy atom. The zero-order valence-electron chi connectivity index (χ0n) is 11.1. The van der Waals surface area contributed by atoms with Crippen LogP contribution in [0, 0.1) is 0 Å². The van der Waals surface area contributed by atoms with Gasteiger partial charge in [0.25, 0.3) is 0 Å². The van der Waals surface area contributed by atoms with E-state index in [2.05, 4.69) is 0 Å². The van der Waals surface area contributed by atoms with Gasteiger partial charge in [-0.15, -0.1) is 0 Å². The monoisotopic (exact) mass is 259 g/mol. The van der Waals surface area contributed by atoms with E-state index in [1.807, 2.05) is 41.2 Å². The Morgan fingerprint density at radius 1 is 1.16 bits per heavy atom. The fourth-order valence-corrected chi connectivity index (χ4v) is 1.96. The number of carbonyl (C=O) groups is 1. The van der Waals surface area contributed by atoms with Gasteiger partial charge in [-0.1, -0.05) is 6.07 Å². The van der Waals surface area contributed by atoms with Crippen molar-refractivity contribution in [2.45, 2.75) is 13.0 Å². The summed E-state index contributed by atoms with van der Waals surface area (Å²) >= 11 is 0. The number of aldehydes is 1. The average Bonchev–Trinajstić information content (AvgIpc) is 2.92. The van der Waals surface area contributed by atoms with E-state index < -0.39 is 0 Å². The Kier molecular flexibility index (Phi) is 4.23. The standard InChI is InChI=1S/C15H17NO3/c1-18-14-4-3-12(9-15(14)19-2)5-7-16-8-6-13(10-16)11-17/h3-4,6,8-11H,5,7H2,1-2H3. The van der Waals surface area contributed by atoms with Crippen LogP contribution in [0.25, 0.3) is 0 Å². The topological polar surface area (TPSA) is 40.5 Å². The molecule has 0 aliphatic rings. The van der Waals surface area contributed by atoms with Crippen LogP contribution >= 0.6 is 0 Å². The van der Waals surface area contributed by atoms with E-state index in [4.69, 9.17) is 9.47 Å². The Hall–Kier alpha value is -2.23. The smallest absolute Gasteiger partial charge is 0.160 e. The van der Waals surface area contributed by atoms with Crippen LogP contribution in [0.4, 0.5) is 0 Å². The normalized spacial score (nSPS) is 10.2. The molecule has 0 N–H and O–H groups in total. The van der Waals surface area contributed by atoms with Gasteiger partial charge in [-0.05, 0) is 30.2 Å². The molecule has 1 heterocycles. The van der Waals surface area contributed by atoms with E-state index in [0.717, 1.165) is 30.8 Å². The van der Waals surface area contributed by atoms with E-state index in [1.165, 1.54) is 5.56 Å². The highest BCUT2D eigenvalue weighted by Gasteiger charge is 2.04. The Bertz CT molecular complexity index is 560. The molecule has 0 saturated heterocycles. The zero-order chi connectivity index (χ0) is 13.7. The van der Waals surface area contributed by atoms with Crippen molar-refractivity contribution >= 4 is 6.29 Å². The molecule has 4 nitrogen and oxygen atoms in total. The van der Waals surface area contributed by atoms with Gasteiger partial charge < -0.3 is 14.0 Å². The summed E-state index contributed by atoms with van der Waals surface area (Å²) in [5.41, 5.74) is 1.87. The van der Waals surface area contributed by atoms with Gasteiger partial charge in [0.05, 0.1) is 14.2 Å². The van der Waals surface area contributed by atoms with Crippen molar-refractivity contribution in [2.24, 2.45) is 0 Å². The van der Waals surface area contributed by atoms with Gasteiger partial charge in [-0.2, -0.15) is 0 Å². The second-order valence-electron chi connectivity index (χ2n) is 4.24. The van der Waals surface area contributed by atoms with Crippen molar-refractivity contribution in [1.29, 1.82) is 0 Å². The van der Waals surface area contributed by atoms with Gasteiger partial charge in [-0.25, -0.2) is 0 Å². The number of carbonyl (C=O) groups excluding carboxylic acids is 1. The van der Waals surface area contributed by atoms with Crippen LogP contribution in [-0.4, -0.2) is 25.1 Å². The van der Waals surface area contributed by atoms with Crippen LogP contribution in [0.3, 0.4) is 0 Å². The molecule has 0 spiro atoms. The fraction of sp³-hybridized carbons (Fsp3) is 0.267. The van der Waals surface area contributed by atoms with Gasteiger partial charge in [-0.3, -0.25) is 4.79 Å². The summed E-state index contributed by atoms with van der Waals surface area (Å²) in [6.07, 6.45) is 5.47. The predicted octanol–water partition coefficient (Wildman–Crippen LogP) is 2.56. The van der Waals surface area contributed by atoms with Crippen molar-refractivity contribution in [3.05, 3.63) is 47.8 Å². The number of nitrogens with zero attached hydrogens (tertiary/aromatic N) is 1. The SMILES string of the molecule is COc1ccc(CCn2ccc(C=O)c2)cc1OC. The van der Waals surface area contributed by atoms with Crippen molar-refractivity contribution in [2.75, 3.05) is 14.2 Å². The molecule has 0 saturated carbocycles. The largest absolute Gasteiger partial charge is 0.493 e. The molecule has 100 valence electrons. The lowest BCUT2D eigenvalue weighted by atomic mass is 10.1. The fourth-order valence-electron chi connectivity index (χ4n) is 1.96. The van der Waals surface area contributed by atoms with Crippen LogP contribution in [0.1, 0.15) is 15.9 Å². The Morgan fingerprint density at radius 3 is 2.58 bits per heavy atom. The molecule has 0 aliphatic heterocycles. The number of aryl methyl sites for hydroxylation is 2. The molecule has 1 aromatic heterocycles. The summed E-state index contributed by atoms with van der Waals surface area (Å²) in [5, 5.41) is 0. The first-order chi connectivity index (χ1) is 9.26. The summed E-state index contributed by atoms with van der Waals surface area (Å²) < 4.78 is 12.5. The summed E-state index contributed by atoms with van der Waals surface area (Å²) in [6, 6.07) is 7.71. The summed E-state index contributed by atoms with van der Waals surface area (Å²) in [5.74, 6) is 1.47. The number of benzene rings is 1. The summed E-state index contributed by atoms with van der Waals surface area (Å²) in [7, 11) is 3.25. The van der Waals surface area contributed by atoms with E-state index in [9.17, 15) is 4.79 Å². The third-order valence-electron chi connectivity index (χ3n) is 3.02. The Balaban J connectivity index is 2.04. The molecule has 0 unspecified atom stereocenters. The highest BCUT2D eigenvalue weighted by molar-refractivity contribution is 5.74. The lowest BCUT2D eigenvalue weighted by Gasteiger charge is -2.09. The van der Waals surface area contributed by atoms with Crippen LogP contribution in [0.2, 0.25) is 0 Å². The van der Waals surface area contributed by atoms with Crippen LogP contribution in [-0.2, 0) is 13.0 Å². The van der Waals surface area contributed by atoms with Gasteiger partial charge in [0.2, 0.25) is 0 Å². The average molecular weight is 259 g/mol. The van der Waals surface area contributed by atoms with Gasteiger partial charge >= 0.3 is 0 Å². The molecule has 0 radical (unpaired) electrons. The highest BCUT2D eigenvalue weighted by atomic mass is 16.5. The minimum Gasteiger partial charge on any atom is -0.493 e. The number of rotatable bonds is 6. The number of methoxy groups -OCH3 is 2. The third-order valence-corrected chi connectivity index (χ3v) is 3.02. The number of aromatic nitrogens is 1. The maximum atomic E-state index is 10.6. The first-order valence-electron chi connectivity index (χ1n) is 6.08. The molecule has 0 aliphatic carbocycles. The molecular weight excluding hydrogens is 242 g/mol. The molecule has 2 aromatic rings. The zero-order valence-corrected chi connectivity index (χ0v) is 11.1. The van der Waals surface area contributed by atoms with E-state index in [-0.39, 0.29) is 0 Å². The molecule has 19 heavy (non-hydrogen) atoms. The van der Waals surface area contributed by atoms with Crippen molar-refractivity contribution < 1.29 is 14.3 Å². The van der Waals surface area contributed by atoms with E-state index >= 15 is 0 Å². The van der Waals surface area contributed by atoms with Crippen LogP contribution < -0.4 is 9.47 Å². The summed E-state index contributed by atoms with van der Waals surface area (Å²) in [4.78, 5) is 10.6. The highest BCUT2D eigenvalue weighted by Crippen LogP contribution is 2.27.